The Morgan fingerprint density at radius 1 is 1.21 bits per heavy atom. The molecule has 19 heavy (non-hydrogen) atoms. The minimum Gasteiger partial charge on any atom is -0.456 e. The molecule has 1 aliphatic heterocycles. The molecule has 4 heteroatoms. The SMILES string of the molecule is N#Cc1ccc(Oc2ccc3c(c2)CCN3)c(Cl)c1. The molecule has 0 atom stereocenters. The number of nitriles is 1. The number of anilines is 1. The maximum absolute atomic E-state index is 8.79. The predicted molar refractivity (Wildman–Crippen MR) is 74.9 cm³/mol. The van der Waals surface area contributed by atoms with Crippen LogP contribution in [0.2, 0.25) is 5.02 Å². The monoisotopic (exact) mass is 270 g/mol. The van der Waals surface area contributed by atoms with Crippen molar-refractivity contribution in [3.63, 3.8) is 0 Å². The van der Waals surface area contributed by atoms with E-state index in [-0.39, 0.29) is 0 Å². The average molecular weight is 271 g/mol. The molecule has 0 unspecified atom stereocenters. The van der Waals surface area contributed by atoms with Gasteiger partial charge in [0.25, 0.3) is 0 Å². The summed E-state index contributed by atoms with van der Waals surface area (Å²) in [5.74, 6) is 1.32. The fraction of sp³-hybridized carbons (Fsp3) is 0.133. The zero-order valence-corrected chi connectivity index (χ0v) is 10.9. The Labute approximate surface area is 116 Å². The van der Waals surface area contributed by atoms with Gasteiger partial charge in [-0.3, -0.25) is 0 Å². The Morgan fingerprint density at radius 2 is 2.11 bits per heavy atom. The van der Waals surface area contributed by atoms with Gasteiger partial charge in [0.05, 0.1) is 16.7 Å². The van der Waals surface area contributed by atoms with E-state index in [9.17, 15) is 0 Å². The average Bonchev–Trinajstić information content (AvgIpc) is 2.88. The normalized spacial score (nSPS) is 12.4. The van der Waals surface area contributed by atoms with Crippen molar-refractivity contribution in [2.45, 2.75) is 6.42 Å². The lowest BCUT2D eigenvalue weighted by molar-refractivity contribution is 0.482. The summed E-state index contributed by atoms with van der Waals surface area (Å²) in [5, 5.41) is 12.5. The van der Waals surface area contributed by atoms with Crippen LogP contribution in [0.1, 0.15) is 11.1 Å². The van der Waals surface area contributed by atoms with Gasteiger partial charge >= 0.3 is 0 Å². The molecule has 0 saturated heterocycles. The van der Waals surface area contributed by atoms with E-state index in [1.165, 1.54) is 11.3 Å². The molecule has 0 aromatic heterocycles. The van der Waals surface area contributed by atoms with Crippen LogP contribution in [0.25, 0.3) is 0 Å². The summed E-state index contributed by atoms with van der Waals surface area (Å²) in [6, 6.07) is 13.0. The zero-order chi connectivity index (χ0) is 13.2. The molecular formula is C15H11ClN2O. The van der Waals surface area contributed by atoms with Gasteiger partial charge in [-0.1, -0.05) is 11.6 Å². The van der Waals surface area contributed by atoms with Crippen LogP contribution in [-0.4, -0.2) is 6.54 Å². The number of nitrogens with one attached hydrogen (secondary N) is 1. The predicted octanol–water partition coefficient (Wildman–Crippen LogP) is 3.97. The summed E-state index contributed by atoms with van der Waals surface area (Å²) in [6.07, 6.45) is 1.01. The second kappa shape index (κ2) is 4.83. The van der Waals surface area contributed by atoms with Crippen LogP contribution in [0, 0.1) is 11.3 Å². The third-order valence-electron chi connectivity index (χ3n) is 3.08. The highest BCUT2D eigenvalue weighted by atomic mass is 35.5. The van der Waals surface area contributed by atoms with Crippen LogP contribution in [0.4, 0.5) is 5.69 Å². The van der Waals surface area contributed by atoms with Gasteiger partial charge < -0.3 is 10.1 Å². The van der Waals surface area contributed by atoms with E-state index in [4.69, 9.17) is 21.6 Å². The molecule has 0 bridgehead atoms. The highest BCUT2D eigenvalue weighted by Gasteiger charge is 2.11. The molecule has 0 saturated carbocycles. The van der Waals surface area contributed by atoms with E-state index in [1.54, 1.807) is 18.2 Å². The van der Waals surface area contributed by atoms with Gasteiger partial charge in [-0.05, 0) is 48.4 Å². The third kappa shape index (κ3) is 2.35. The minimum atomic E-state index is 0.442. The van der Waals surface area contributed by atoms with Gasteiger partial charge in [0, 0.05) is 12.2 Å². The largest absolute Gasteiger partial charge is 0.456 e. The summed E-state index contributed by atoms with van der Waals surface area (Å²) < 4.78 is 5.76. The lowest BCUT2D eigenvalue weighted by atomic mass is 10.1. The van der Waals surface area contributed by atoms with Gasteiger partial charge in [-0.2, -0.15) is 5.26 Å². The molecule has 2 aromatic rings. The summed E-state index contributed by atoms with van der Waals surface area (Å²) >= 11 is 6.09. The fourth-order valence-electron chi connectivity index (χ4n) is 2.12. The second-order valence-electron chi connectivity index (χ2n) is 4.35. The molecule has 3 nitrogen and oxygen atoms in total. The first-order valence-corrected chi connectivity index (χ1v) is 6.38. The Balaban J connectivity index is 1.87. The van der Waals surface area contributed by atoms with Crippen LogP contribution in [0.5, 0.6) is 11.5 Å². The van der Waals surface area contributed by atoms with E-state index in [0.717, 1.165) is 18.7 Å². The molecule has 0 spiro atoms. The molecular weight excluding hydrogens is 260 g/mol. The summed E-state index contributed by atoms with van der Waals surface area (Å²) in [7, 11) is 0. The van der Waals surface area contributed by atoms with E-state index < -0.39 is 0 Å². The van der Waals surface area contributed by atoms with Crippen molar-refractivity contribution >= 4 is 17.3 Å². The topological polar surface area (TPSA) is 45.0 Å². The van der Waals surface area contributed by atoms with Gasteiger partial charge in [0.2, 0.25) is 0 Å². The second-order valence-corrected chi connectivity index (χ2v) is 4.76. The number of hydrogen-bond acceptors (Lipinski definition) is 3. The number of benzene rings is 2. The van der Waals surface area contributed by atoms with E-state index in [2.05, 4.69) is 5.32 Å². The van der Waals surface area contributed by atoms with Crippen molar-refractivity contribution in [3.05, 3.63) is 52.5 Å². The number of fused-ring (bicyclic) bond motifs is 1. The molecule has 1 aliphatic rings. The Morgan fingerprint density at radius 3 is 2.89 bits per heavy atom. The summed E-state index contributed by atoms with van der Waals surface area (Å²) in [6.45, 7) is 0.969. The van der Waals surface area contributed by atoms with Crippen molar-refractivity contribution in [2.24, 2.45) is 0 Å². The lowest BCUT2D eigenvalue weighted by Crippen LogP contribution is -1.90. The third-order valence-corrected chi connectivity index (χ3v) is 3.37. The molecule has 0 radical (unpaired) electrons. The van der Waals surface area contributed by atoms with Gasteiger partial charge in [0.15, 0.2) is 0 Å². The molecule has 1 N–H and O–H groups in total. The molecule has 0 aliphatic carbocycles. The first-order valence-electron chi connectivity index (χ1n) is 6.00. The minimum absolute atomic E-state index is 0.442. The first kappa shape index (κ1) is 11.9. The highest BCUT2D eigenvalue weighted by molar-refractivity contribution is 6.32. The number of rotatable bonds is 2. The molecule has 0 fully saturated rings. The van der Waals surface area contributed by atoms with E-state index in [1.807, 2.05) is 24.3 Å². The van der Waals surface area contributed by atoms with E-state index in [0.29, 0.717) is 16.3 Å². The van der Waals surface area contributed by atoms with E-state index >= 15 is 0 Å². The number of hydrogen-bond donors (Lipinski definition) is 1. The van der Waals surface area contributed by atoms with Crippen LogP contribution in [0.15, 0.2) is 36.4 Å². The van der Waals surface area contributed by atoms with Crippen LogP contribution in [0.3, 0.4) is 0 Å². The van der Waals surface area contributed by atoms with Crippen molar-refractivity contribution in [1.82, 2.24) is 0 Å². The van der Waals surface area contributed by atoms with Crippen LogP contribution in [-0.2, 0) is 6.42 Å². The Kier molecular flexibility index (Phi) is 3.02. The maximum Gasteiger partial charge on any atom is 0.146 e. The van der Waals surface area contributed by atoms with Gasteiger partial charge in [-0.25, -0.2) is 0 Å². The Bertz CT molecular complexity index is 676. The molecule has 3 rings (SSSR count). The Hall–Kier alpha value is -2.18. The van der Waals surface area contributed by atoms with Gasteiger partial charge in [-0.15, -0.1) is 0 Å². The van der Waals surface area contributed by atoms with Crippen molar-refractivity contribution < 1.29 is 4.74 Å². The number of nitrogens with zero attached hydrogens (tertiary/aromatic N) is 1. The maximum atomic E-state index is 8.79. The smallest absolute Gasteiger partial charge is 0.146 e. The molecule has 1 heterocycles. The van der Waals surface area contributed by atoms with Crippen LogP contribution < -0.4 is 10.1 Å². The summed E-state index contributed by atoms with van der Waals surface area (Å²) in [5.41, 5.74) is 2.94. The van der Waals surface area contributed by atoms with Crippen LogP contribution >= 0.6 is 11.6 Å². The molecule has 2 aromatic carbocycles. The van der Waals surface area contributed by atoms with Gasteiger partial charge in [0.1, 0.15) is 11.5 Å². The summed E-state index contributed by atoms with van der Waals surface area (Å²) in [4.78, 5) is 0. The molecule has 0 amide bonds. The van der Waals surface area contributed by atoms with Crippen molar-refractivity contribution in [2.75, 3.05) is 11.9 Å². The number of halogens is 1. The molecule has 94 valence electrons. The zero-order valence-electron chi connectivity index (χ0n) is 10.1. The fourth-order valence-corrected chi connectivity index (χ4v) is 2.34. The quantitative estimate of drug-likeness (QED) is 0.898. The lowest BCUT2D eigenvalue weighted by Gasteiger charge is -2.09. The standard InChI is InChI=1S/C15H11ClN2O/c16-13-7-10(9-17)1-4-15(13)19-12-2-3-14-11(8-12)5-6-18-14/h1-4,7-8,18H,5-6H2. The van der Waals surface area contributed by atoms with Crippen molar-refractivity contribution in [1.29, 1.82) is 5.26 Å². The van der Waals surface area contributed by atoms with Crippen molar-refractivity contribution in [3.8, 4) is 17.6 Å². The first-order chi connectivity index (χ1) is 9.26. The highest BCUT2D eigenvalue weighted by Crippen LogP contribution is 2.33. The number of ether oxygens (including phenoxy) is 1.